The molecule has 4 rings (SSSR count). The van der Waals surface area contributed by atoms with Crippen molar-refractivity contribution in [2.75, 3.05) is 25.5 Å². The van der Waals surface area contributed by atoms with Crippen LogP contribution in [-0.4, -0.2) is 49.0 Å². The summed E-state index contributed by atoms with van der Waals surface area (Å²) in [5.74, 6) is -0.140. The number of nitrogens with one attached hydrogen (secondary N) is 2. The predicted octanol–water partition coefficient (Wildman–Crippen LogP) is 3.90. The number of hydrogen-bond acceptors (Lipinski definition) is 5. The molecule has 32 heavy (non-hydrogen) atoms. The zero-order valence-electron chi connectivity index (χ0n) is 17.9. The van der Waals surface area contributed by atoms with E-state index < -0.39 is 15.9 Å². The van der Waals surface area contributed by atoms with E-state index in [1.807, 2.05) is 24.3 Å². The number of nitrogens with zero attached hydrogens (tertiary/aromatic N) is 2. The molecule has 1 aromatic heterocycles. The van der Waals surface area contributed by atoms with E-state index in [0.717, 1.165) is 36.9 Å². The maximum atomic E-state index is 13.2. The zero-order valence-corrected chi connectivity index (χ0v) is 18.7. The lowest BCUT2D eigenvalue weighted by Gasteiger charge is -2.20. The van der Waals surface area contributed by atoms with E-state index in [0.29, 0.717) is 24.5 Å². The van der Waals surface area contributed by atoms with E-state index in [2.05, 4.69) is 15.5 Å². The molecule has 0 spiro atoms. The summed E-state index contributed by atoms with van der Waals surface area (Å²) in [7, 11) is -2.24. The summed E-state index contributed by atoms with van der Waals surface area (Å²) in [6, 6.07) is 13.6. The van der Waals surface area contributed by atoms with Gasteiger partial charge in [0.05, 0.1) is 23.3 Å². The van der Waals surface area contributed by atoms with Crippen LogP contribution >= 0.6 is 0 Å². The van der Waals surface area contributed by atoms with Gasteiger partial charge in [-0.2, -0.15) is 9.40 Å². The van der Waals surface area contributed by atoms with Crippen LogP contribution in [-0.2, 0) is 10.0 Å². The molecular weight excluding hydrogens is 428 g/mol. The van der Waals surface area contributed by atoms with Gasteiger partial charge in [0.15, 0.2) is 0 Å². The van der Waals surface area contributed by atoms with Crippen LogP contribution in [0.25, 0.3) is 11.3 Å². The van der Waals surface area contributed by atoms with Gasteiger partial charge in [0.1, 0.15) is 5.75 Å². The van der Waals surface area contributed by atoms with Crippen LogP contribution in [0.1, 0.15) is 36.0 Å². The molecule has 168 valence electrons. The maximum Gasteiger partial charge on any atom is 0.259 e. The third-order valence-corrected chi connectivity index (χ3v) is 7.45. The minimum Gasteiger partial charge on any atom is -0.496 e. The van der Waals surface area contributed by atoms with Crippen molar-refractivity contribution in [2.24, 2.45) is 0 Å². The highest BCUT2D eigenvalue weighted by Crippen LogP contribution is 2.27. The van der Waals surface area contributed by atoms with Crippen LogP contribution in [0.2, 0.25) is 0 Å². The Kier molecular flexibility index (Phi) is 6.57. The van der Waals surface area contributed by atoms with Crippen LogP contribution in [0.4, 0.5) is 5.69 Å². The third kappa shape index (κ3) is 4.68. The smallest absolute Gasteiger partial charge is 0.259 e. The first-order chi connectivity index (χ1) is 15.5. The zero-order chi connectivity index (χ0) is 22.6. The van der Waals surface area contributed by atoms with Gasteiger partial charge in [-0.25, -0.2) is 8.42 Å². The van der Waals surface area contributed by atoms with Gasteiger partial charge in [-0.1, -0.05) is 25.0 Å². The van der Waals surface area contributed by atoms with Crippen molar-refractivity contribution in [1.82, 2.24) is 14.5 Å². The molecule has 0 bridgehead atoms. The van der Waals surface area contributed by atoms with E-state index >= 15 is 0 Å². The highest BCUT2D eigenvalue weighted by atomic mass is 32.2. The molecule has 9 heteroatoms. The van der Waals surface area contributed by atoms with E-state index in [9.17, 15) is 13.2 Å². The predicted molar refractivity (Wildman–Crippen MR) is 122 cm³/mol. The van der Waals surface area contributed by atoms with Crippen LogP contribution < -0.4 is 10.1 Å². The minimum absolute atomic E-state index is 0.0940. The number of ether oxygens (including phenoxy) is 1. The second-order valence-corrected chi connectivity index (χ2v) is 9.62. The largest absolute Gasteiger partial charge is 0.496 e. The van der Waals surface area contributed by atoms with E-state index in [1.165, 1.54) is 29.6 Å². The number of aromatic nitrogens is 2. The molecule has 2 aromatic carbocycles. The molecule has 0 atom stereocenters. The maximum absolute atomic E-state index is 13.2. The number of sulfonamides is 1. The number of rotatable bonds is 6. The third-order valence-electron chi connectivity index (χ3n) is 5.55. The van der Waals surface area contributed by atoms with E-state index in [4.69, 9.17) is 4.74 Å². The fraction of sp³-hybridized carbons (Fsp3) is 0.304. The number of H-pyrrole nitrogens is 1. The number of aromatic amines is 1. The lowest BCUT2D eigenvalue weighted by molar-refractivity contribution is 0.102. The van der Waals surface area contributed by atoms with Gasteiger partial charge in [0.2, 0.25) is 10.0 Å². The van der Waals surface area contributed by atoms with Crippen molar-refractivity contribution in [3.8, 4) is 17.0 Å². The first kappa shape index (κ1) is 22.0. The molecule has 1 saturated heterocycles. The molecule has 8 nitrogen and oxygen atoms in total. The summed E-state index contributed by atoms with van der Waals surface area (Å²) in [4.78, 5) is 13.2. The van der Waals surface area contributed by atoms with Crippen LogP contribution in [0, 0.1) is 0 Å². The number of hydrogen-bond donors (Lipinski definition) is 2. The van der Waals surface area contributed by atoms with Crippen molar-refractivity contribution in [3.63, 3.8) is 0 Å². The average Bonchev–Trinajstić information content (AvgIpc) is 3.20. The molecule has 1 amide bonds. The van der Waals surface area contributed by atoms with Gasteiger partial charge in [0.25, 0.3) is 5.91 Å². The van der Waals surface area contributed by atoms with Gasteiger partial charge in [-0.3, -0.25) is 9.89 Å². The number of methoxy groups -OCH3 is 1. The Hall–Kier alpha value is -3.17. The standard InChI is InChI=1S/C23H26N4O4S/c1-31-22-10-9-19(32(29,30)27-13-4-2-3-5-14-27)16-20(22)23(28)25-18-8-6-7-17(15-18)21-11-12-24-26-21/h6-12,15-16H,2-5,13-14H2,1H3,(H,24,26)(H,25,28). The summed E-state index contributed by atoms with van der Waals surface area (Å²) in [6.07, 6.45) is 5.40. The fourth-order valence-electron chi connectivity index (χ4n) is 3.84. The quantitative estimate of drug-likeness (QED) is 0.588. The van der Waals surface area contributed by atoms with Crippen molar-refractivity contribution >= 4 is 21.6 Å². The molecular formula is C23H26N4O4S. The SMILES string of the molecule is COc1ccc(S(=O)(=O)N2CCCCCC2)cc1C(=O)Nc1cccc(-c2ccn[nH]2)c1. The Morgan fingerprint density at radius 1 is 1.06 bits per heavy atom. The Morgan fingerprint density at radius 2 is 1.84 bits per heavy atom. The number of anilines is 1. The highest BCUT2D eigenvalue weighted by molar-refractivity contribution is 7.89. The van der Waals surface area contributed by atoms with Gasteiger partial charge in [0, 0.05) is 30.5 Å². The van der Waals surface area contributed by atoms with E-state index in [-0.39, 0.29) is 10.5 Å². The van der Waals surface area contributed by atoms with Crippen LogP contribution in [0.15, 0.2) is 59.6 Å². The van der Waals surface area contributed by atoms with E-state index in [1.54, 1.807) is 12.3 Å². The highest BCUT2D eigenvalue weighted by Gasteiger charge is 2.27. The lowest BCUT2D eigenvalue weighted by atomic mass is 10.1. The number of amides is 1. The first-order valence-electron chi connectivity index (χ1n) is 10.6. The number of carbonyl (C=O) groups is 1. The van der Waals surface area contributed by atoms with Crippen molar-refractivity contribution in [1.29, 1.82) is 0 Å². The molecule has 0 unspecified atom stereocenters. The summed E-state index contributed by atoms with van der Waals surface area (Å²) in [5, 5.41) is 9.68. The Bertz CT molecular complexity index is 1180. The van der Waals surface area contributed by atoms with Crippen LogP contribution in [0.3, 0.4) is 0 Å². The summed E-state index contributed by atoms with van der Waals surface area (Å²) in [6.45, 7) is 0.993. The monoisotopic (exact) mass is 454 g/mol. The van der Waals surface area contributed by atoms with Crippen molar-refractivity contribution in [2.45, 2.75) is 30.6 Å². The molecule has 1 aliphatic heterocycles. The Labute approximate surface area is 187 Å². The van der Waals surface area contributed by atoms with Gasteiger partial charge >= 0.3 is 0 Å². The molecule has 2 heterocycles. The topological polar surface area (TPSA) is 104 Å². The second-order valence-electron chi connectivity index (χ2n) is 7.69. The van der Waals surface area contributed by atoms with Gasteiger partial charge < -0.3 is 10.1 Å². The van der Waals surface area contributed by atoms with Gasteiger partial charge in [-0.05, 0) is 49.2 Å². The minimum atomic E-state index is -3.69. The normalized spacial score (nSPS) is 15.2. The van der Waals surface area contributed by atoms with Crippen molar-refractivity contribution in [3.05, 3.63) is 60.3 Å². The Balaban J connectivity index is 1.61. The molecule has 3 aromatic rings. The van der Waals surface area contributed by atoms with Gasteiger partial charge in [-0.15, -0.1) is 0 Å². The Morgan fingerprint density at radius 3 is 2.53 bits per heavy atom. The molecule has 1 aliphatic rings. The number of carbonyl (C=O) groups excluding carboxylic acids is 1. The fourth-order valence-corrected chi connectivity index (χ4v) is 5.38. The average molecular weight is 455 g/mol. The summed E-state index contributed by atoms with van der Waals surface area (Å²) in [5.41, 5.74) is 2.43. The van der Waals surface area contributed by atoms with Crippen molar-refractivity contribution < 1.29 is 17.9 Å². The molecule has 0 aliphatic carbocycles. The molecule has 0 radical (unpaired) electrons. The second kappa shape index (κ2) is 9.54. The number of benzene rings is 2. The molecule has 1 fully saturated rings. The summed E-state index contributed by atoms with van der Waals surface area (Å²) < 4.78 is 33.2. The molecule has 2 N–H and O–H groups in total. The lowest BCUT2D eigenvalue weighted by Crippen LogP contribution is -2.32. The first-order valence-corrected chi connectivity index (χ1v) is 12.0. The summed E-state index contributed by atoms with van der Waals surface area (Å²) >= 11 is 0. The van der Waals surface area contributed by atoms with Crippen LogP contribution in [0.5, 0.6) is 5.75 Å². The molecule has 0 saturated carbocycles.